The van der Waals surface area contributed by atoms with Crippen LogP contribution in [-0.4, -0.2) is 14.7 Å². The Morgan fingerprint density at radius 1 is 1.06 bits per heavy atom. The van der Waals surface area contributed by atoms with E-state index in [9.17, 15) is 5.11 Å². The Morgan fingerprint density at radius 2 is 1.89 bits per heavy atom. The van der Waals surface area contributed by atoms with E-state index in [4.69, 9.17) is 0 Å². The van der Waals surface area contributed by atoms with Crippen molar-refractivity contribution in [3.63, 3.8) is 0 Å². The molecule has 0 spiro atoms. The van der Waals surface area contributed by atoms with Gasteiger partial charge in [0.1, 0.15) is 18.1 Å². The number of hydrogen-bond donors (Lipinski definition) is 1. The Labute approximate surface area is 104 Å². The van der Waals surface area contributed by atoms with Gasteiger partial charge < -0.3 is 5.11 Å². The second-order valence-electron chi connectivity index (χ2n) is 3.91. The van der Waals surface area contributed by atoms with E-state index in [-0.39, 0.29) is 5.75 Å². The molecule has 0 saturated carbocycles. The van der Waals surface area contributed by atoms with Gasteiger partial charge in [0.2, 0.25) is 0 Å². The summed E-state index contributed by atoms with van der Waals surface area (Å²) in [6.45, 7) is 0. The van der Waals surface area contributed by atoms with E-state index >= 15 is 0 Å². The molecule has 88 valence electrons. The largest absolute Gasteiger partial charge is 0.502 e. The molecule has 0 aliphatic carbocycles. The summed E-state index contributed by atoms with van der Waals surface area (Å²) in [6.07, 6.45) is 7.30. The van der Waals surface area contributed by atoms with Crippen LogP contribution >= 0.6 is 0 Å². The molecule has 4 nitrogen and oxygen atoms in total. The van der Waals surface area contributed by atoms with E-state index in [0.717, 1.165) is 5.69 Å². The van der Waals surface area contributed by atoms with Gasteiger partial charge in [0.05, 0.1) is 6.20 Å². The van der Waals surface area contributed by atoms with E-state index in [1.807, 2.05) is 53.6 Å². The lowest BCUT2D eigenvalue weighted by atomic mass is 10.3. The summed E-state index contributed by atoms with van der Waals surface area (Å²) in [6, 6.07) is 13.3. The number of pyridine rings is 1. The SMILES string of the molecule is Oc1cccnc1-[n+]1ccn(-c2ccccc2)c1. The minimum absolute atomic E-state index is 0.160. The van der Waals surface area contributed by atoms with Crippen molar-refractivity contribution < 1.29 is 9.67 Å². The van der Waals surface area contributed by atoms with Gasteiger partial charge in [-0.2, -0.15) is 0 Å². The maximum Gasteiger partial charge on any atom is 0.309 e. The van der Waals surface area contributed by atoms with Gasteiger partial charge in [-0.25, -0.2) is 9.13 Å². The molecule has 0 saturated heterocycles. The van der Waals surface area contributed by atoms with Crippen LogP contribution in [0.15, 0.2) is 67.4 Å². The highest BCUT2D eigenvalue weighted by molar-refractivity contribution is 5.32. The van der Waals surface area contributed by atoms with E-state index in [0.29, 0.717) is 5.82 Å². The highest BCUT2D eigenvalue weighted by Crippen LogP contribution is 2.12. The zero-order valence-electron chi connectivity index (χ0n) is 9.64. The van der Waals surface area contributed by atoms with Crippen LogP contribution in [-0.2, 0) is 0 Å². The number of imidazole rings is 1. The van der Waals surface area contributed by atoms with Crippen LogP contribution in [0.2, 0.25) is 0 Å². The molecule has 1 N–H and O–H groups in total. The third-order valence-electron chi connectivity index (χ3n) is 2.70. The van der Waals surface area contributed by atoms with Crippen molar-refractivity contribution in [3.8, 4) is 17.3 Å². The predicted molar refractivity (Wildman–Crippen MR) is 66.8 cm³/mol. The van der Waals surface area contributed by atoms with Gasteiger partial charge in [0, 0.05) is 0 Å². The summed E-state index contributed by atoms with van der Waals surface area (Å²) < 4.78 is 3.75. The molecule has 2 heterocycles. The number of nitrogens with zero attached hydrogens (tertiary/aromatic N) is 3. The van der Waals surface area contributed by atoms with Crippen LogP contribution in [0.5, 0.6) is 5.75 Å². The summed E-state index contributed by atoms with van der Waals surface area (Å²) in [5, 5.41) is 9.75. The smallest absolute Gasteiger partial charge is 0.309 e. The minimum atomic E-state index is 0.160. The highest BCUT2D eigenvalue weighted by Gasteiger charge is 2.12. The first-order valence-corrected chi connectivity index (χ1v) is 5.63. The number of rotatable bonds is 2. The van der Waals surface area contributed by atoms with Gasteiger partial charge in [-0.05, 0) is 24.3 Å². The Kier molecular flexibility index (Phi) is 2.53. The van der Waals surface area contributed by atoms with Gasteiger partial charge >= 0.3 is 5.82 Å². The summed E-state index contributed by atoms with van der Waals surface area (Å²) in [5.41, 5.74) is 1.06. The van der Waals surface area contributed by atoms with E-state index in [1.165, 1.54) is 0 Å². The third kappa shape index (κ3) is 1.84. The van der Waals surface area contributed by atoms with Crippen LogP contribution in [0.3, 0.4) is 0 Å². The second kappa shape index (κ2) is 4.33. The fourth-order valence-electron chi connectivity index (χ4n) is 1.82. The van der Waals surface area contributed by atoms with E-state index in [2.05, 4.69) is 4.98 Å². The molecule has 0 aliphatic rings. The molecular formula is C14H12N3O+. The monoisotopic (exact) mass is 238 g/mol. The molecule has 2 aromatic heterocycles. The molecule has 4 heteroatoms. The van der Waals surface area contributed by atoms with Gasteiger partial charge in [-0.1, -0.05) is 18.2 Å². The third-order valence-corrected chi connectivity index (χ3v) is 2.70. The standard InChI is InChI=1S/C14H11N3O/c18-13-7-4-8-15-14(13)17-10-9-16(11-17)12-5-2-1-3-6-12/h1-11H/p+1. The molecule has 3 rings (SSSR count). The second-order valence-corrected chi connectivity index (χ2v) is 3.91. The first kappa shape index (κ1) is 10.5. The van der Waals surface area contributed by atoms with E-state index < -0.39 is 0 Å². The number of benzene rings is 1. The Morgan fingerprint density at radius 3 is 2.67 bits per heavy atom. The average Bonchev–Trinajstić information content (AvgIpc) is 2.90. The van der Waals surface area contributed by atoms with Crippen LogP contribution in [0.1, 0.15) is 0 Å². The van der Waals surface area contributed by atoms with Crippen molar-refractivity contribution in [2.24, 2.45) is 0 Å². The average molecular weight is 238 g/mol. The lowest BCUT2D eigenvalue weighted by molar-refractivity contribution is -0.599. The summed E-state index contributed by atoms with van der Waals surface area (Å²) in [7, 11) is 0. The summed E-state index contributed by atoms with van der Waals surface area (Å²) in [5.74, 6) is 0.681. The molecule has 18 heavy (non-hydrogen) atoms. The Bertz CT molecular complexity index is 662. The molecule has 0 fully saturated rings. The van der Waals surface area contributed by atoms with Crippen molar-refractivity contribution in [2.75, 3.05) is 0 Å². The quantitative estimate of drug-likeness (QED) is 0.692. The fraction of sp³-hybridized carbons (Fsp3) is 0. The zero-order valence-corrected chi connectivity index (χ0v) is 9.64. The van der Waals surface area contributed by atoms with Gasteiger partial charge in [-0.3, -0.25) is 0 Å². The maximum atomic E-state index is 9.75. The van der Waals surface area contributed by atoms with Gasteiger partial charge in [0.15, 0.2) is 12.1 Å². The maximum absolute atomic E-state index is 9.75. The molecule has 0 radical (unpaired) electrons. The molecule has 3 aromatic rings. The van der Waals surface area contributed by atoms with Gasteiger partial charge in [0.25, 0.3) is 0 Å². The highest BCUT2D eigenvalue weighted by atomic mass is 16.3. The number of aromatic hydroxyl groups is 1. The Balaban J connectivity index is 2.03. The zero-order chi connectivity index (χ0) is 12.4. The van der Waals surface area contributed by atoms with Crippen molar-refractivity contribution in [3.05, 3.63) is 67.4 Å². The fourth-order valence-corrected chi connectivity index (χ4v) is 1.82. The van der Waals surface area contributed by atoms with Crippen molar-refractivity contribution >= 4 is 0 Å². The molecular weight excluding hydrogens is 226 g/mol. The molecule has 0 amide bonds. The number of para-hydroxylation sites is 1. The lowest BCUT2D eigenvalue weighted by Crippen LogP contribution is -2.28. The Hall–Kier alpha value is -2.62. The topological polar surface area (TPSA) is 41.9 Å². The van der Waals surface area contributed by atoms with Crippen LogP contribution < -0.4 is 4.57 Å². The predicted octanol–water partition coefficient (Wildman–Crippen LogP) is 1.85. The molecule has 0 bridgehead atoms. The van der Waals surface area contributed by atoms with Gasteiger partial charge in [-0.15, -0.1) is 4.98 Å². The first-order valence-electron chi connectivity index (χ1n) is 5.63. The molecule has 0 aliphatic heterocycles. The minimum Gasteiger partial charge on any atom is -0.502 e. The van der Waals surface area contributed by atoms with Crippen LogP contribution in [0.4, 0.5) is 0 Å². The number of aromatic nitrogens is 3. The molecule has 0 atom stereocenters. The normalized spacial score (nSPS) is 10.4. The summed E-state index contributed by atoms with van der Waals surface area (Å²) >= 11 is 0. The van der Waals surface area contributed by atoms with Crippen LogP contribution in [0, 0.1) is 0 Å². The number of hydrogen-bond acceptors (Lipinski definition) is 2. The van der Waals surface area contributed by atoms with Crippen LogP contribution in [0.25, 0.3) is 11.5 Å². The van der Waals surface area contributed by atoms with Crippen molar-refractivity contribution in [1.82, 2.24) is 9.55 Å². The molecule has 1 aromatic carbocycles. The summed E-state index contributed by atoms with van der Waals surface area (Å²) in [4.78, 5) is 4.16. The van der Waals surface area contributed by atoms with E-state index in [1.54, 1.807) is 22.9 Å². The first-order chi connectivity index (χ1) is 8.84. The van der Waals surface area contributed by atoms with Crippen molar-refractivity contribution in [1.29, 1.82) is 0 Å². The lowest BCUT2D eigenvalue weighted by Gasteiger charge is -1.97. The van der Waals surface area contributed by atoms with Crippen molar-refractivity contribution in [2.45, 2.75) is 0 Å². The molecule has 0 unspecified atom stereocenters.